The standard InChI is InChI=1S/C12H14N2O3S/c1-2-4-13-5-6-14(12(13)17)8-9-3-7-18-10(9)11(15)16/h3,5-7H,2,4,8H2,1H3,(H,15,16). The van der Waals surface area contributed by atoms with E-state index in [1.807, 2.05) is 6.92 Å². The predicted octanol–water partition coefficient (Wildman–Crippen LogP) is 1.87. The van der Waals surface area contributed by atoms with Crippen molar-refractivity contribution < 1.29 is 9.90 Å². The fourth-order valence-corrected chi connectivity index (χ4v) is 2.57. The zero-order valence-electron chi connectivity index (χ0n) is 10.00. The van der Waals surface area contributed by atoms with Gasteiger partial charge in [-0.3, -0.25) is 9.13 Å². The van der Waals surface area contributed by atoms with Crippen molar-refractivity contribution in [3.05, 3.63) is 44.8 Å². The number of carbonyl (C=O) groups is 1. The largest absolute Gasteiger partial charge is 0.477 e. The topological polar surface area (TPSA) is 64.2 Å². The molecule has 0 amide bonds. The second kappa shape index (κ2) is 5.22. The molecule has 96 valence electrons. The van der Waals surface area contributed by atoms with Gasteiger partial charge in [0.15, 0.2) is 0 Å². The van der Waals surface area contributed by atoms with Crippen LogP contribution >= 0.6 is 11.3 Å². The molecule has 0 aromatic carbocycles. The van der Waals surface area contributed by atoms with Crippen molar-refractivity contribution in [1.29, 1.82) is 0 Å². The van der Waals surface area contributed by atoms with Crippen LogP contribution in [-0.2, 0) is 13.1 Å². The molecule has 0 saturated carbocycles. The monoisotopic (exact) mass is 266 g/mol. The number of aromatic nitrogens is 2. The van der Waals surface area contributed by atoms with Gasteiger partial charge < -0.3 is 5.11 Å². The normalized spacial score (nSPS) is 10.7. The summed E-state index contributed by atoms with van der Waals surface area (Å²) in [6.45, 7) is 2.99. The van der Waals surface area contributed by atoms with Gasteiger partial charge in [-0.1, -0.05) is 6.92 Å². The van der Waals surface area contributed by atoms with E-state index in [1.54, 1.807) is 28.4 Å². The van der Waals surface area contributed by atoms with Crippen LogP contribution in [0, 0.1) is 0 Å². The van der Waals surface area contributed by atoms with E-state index < -0.39 is 5.97 Å². The van der Waals surface area contributed by atoms with Crippen molar-refractivity contribution in [3.63, 3.8) is 0 Å². The van der Waals surface area contributed by atoms with Crippen molar-refractivity contribution >= 4 is 17.3 Å². The lowest BCUT2D eigenvalue weighted by Gasteiger charge is -2.01. The number of aromatic carboxylic acids is 1. The highest BCUT2D eigenvalue weighted by Crippen LogP contribution is 2.17. The molecule has 1 N–H and O–H groups in total. The molecular formula is C12H14N2O3S. The highest BCUT2D eigenvalue weighted by atomic mass is 32.1. The van der Waals surface area contributed by atoms with Gasteiger partial charge in [0.2, 0.25) is 0 Å². The summed E-state index contributed by atoms with van der Waals surface area (Å²) in [5.41, 5.74) is 0.572. The number of hydrogen-bond donors (Lipinski definition) is 1. The Hall–Kier alpha value is -1.82. The maximum absolute atomic E-state index is 11.9. The molecule has 0 spiro atoms. The number of thiophene rings is 1. The van der Waals surface area contributed by atoms with E-state index in [4.69, 9.17) is 5.11 Å². The van der Waals surface area contributed by atoms with E-state index in [1.165, 1.54) is 15.9 Å². The summed E-state index contributed by atoms with van der Waals surface area (Å²) >= 11 is 1.18. The van der Waals surface area contributed by atoms with E-state index in [9.17, 15) is 9.59 Å². The van der Waals surface area contributed by atoms with Gasteiger partial charge in [0, 0.05) is 18.9 Å². The fourth-order valence-electron chi connectivity index (χ4n) is 1.82. The number of rotatable bonds is 5. The molecule has 0 aliphatic carbocycles. The first kappa shape index (κ1) is 12.6. The minimum atomic E-state index is -0.943. The summed E-state index contributed by atoms with van der Waals surface area (Å²) in [4.78, 5) is 23.2. The zero-order chi connectivity index (χ0) is 13.1. The molecule has 2 rings (SSSR count). The third-order valence-corrected chi connectivity index (χ3v) is 3.61. The summed E-state index contributed by atoms with van der Waals surface area (Å²) in [6.07, 6.45) is 4.32. The minimum absolute atomic E-state index is 0.0978. The molecule has 18 heavy (non-hydrogen) atoms. The lowest BCUT2D eigenvalue weighted by molar-refractivity contribution is 0.0701. The van der Waals surface area contributed by atoms with Crippen LogP contribution in [0.15, 0.2) is 28.6 Å². The third-order valence-electron chi connectivity index (χ3n) is 2.66. The van der Waals surface area contributed by atoms with Gasteiger partial charge in [-0.05, 0) is 23.4 Å². The van der Waals surface area contributed by atoms with Crippen LogP contribution in [-0.4, -0.2) is 20.2 Å². The smallest absolute Gasteiger partial charge is 0.346 e. The van der Waals surface area contributed by atoms with Gasteiger partial charge in [-0.2, -0.15) is 0 Å². The van der Waals surface area contributed by atoms with Crippen LogP contribution in [0.1, 0.15) is 28.6 Å². The minimum Gasteiger partial charge on any atom is -0.477 e. The number of carboxylic acids is 1. The fraction of sp³-hybridized carbons (Fsp3) is 0.333. The summed E-state index contributed by atoms with van der Waals surface area (Å²) < 4.78 is 3.16. The van der Waals surface area contributed by atoms with Gasteiger partial charge in [0.1, 0.15) is 4.88 Å². The molecular weight excluding hydrogens is 252 g/mol. The Morgan fingerprint density at radius 1 is 1.39 bits per heavy atom. The second-order valence-electron chi connectivity index (χ2n) is 3.98. The zero-order valence-corrected chi connectivity index (χ0v) is 10.8. The van der Waals surface area contributed by atoms with Crippen molar-refractivity contribution in [1.82, 2.24) is 9.13 Å². The van der Waals surface area contributed by atoms with Crippen molar-refractivity contribution in [3.8, 4) is 0 Å². The molecule has 0 aliphatic rings. The van der Waals surface area contributed by atoms with Gasteiger partial charge >= 0.3 is 11.7 Å². The summed E-state index contributed by atoms with van der Waals surface area (Å²) in [5, 5.41) is 10.7. The Bertz CT molecular complexity index is 609. The Balaban J connectivity index is 2.26. The molecule has 0 aliphatic heterocycles. The Kier molecular flexibility index (Phi) is 3.66. The molecule has 0 unspecified atom stereocenters. The average Bonchev–Trinajstić information content (AvgIpc) is 2.91. The van der Waals surface area contributed by atoms with Crippen molar-refractivity contribution in [2.45, 2.75) is 26.4 Å². The molecule has 0 atom stereocenters. The van der Waals surface area contributed by atoms with Crippen LogP contribution in [0.4, 0.5) is 0 Å². The molecule has 0 saturated heterocycles. The van der Waals surface area contributed by atoms with E-state index >= 15 is 0 Å². The van der Waals surface area contributed by atoms with Crippen molar-refractivity contribution in [2.75, 3.05) is 0 Å². The molecule has 6 heteroatoms. The van der Waals surface area contributed by atoms with Crippen LogP contribution in [0.5, 0.6) is 0 Å². The molecule has 2 heterocycles. The SMILES string of the molecule is CCCn1ccn(Cc2ccsc2C(=O)O)c1=O. The molecule has 2 aromatic rings. The third kappa shape index (κ3) is 2.38. The number of carboxylic acid groups (broad SMARTS) is 1. The first-order chi connectivity index (χ1) is 8.63. The van der Waals surface area contributed by atoms with Crippen molar-refractivity contribution in [2.24, 2.45) is 0 Å². The van der Waals surface area contributed by atoms with Gasteiger partial charge in [0.25, 0.3) is 0 Å². The maximum Gasteiger partial charge on any atom is 0.346 e. The maximum atomic E-state index is 11.9. The second-order valence-corrected chi connectivity index (χ2v) is 4.90. The Morgan fingerprint density at radius 2 is 2.11 bits per heavy atom. The first-order valence-corrected chi connectivity index (χ1v) is 6.56. The predicted molar refractivity (Wildman–Crippen MR) is 69.4 cm³/mol. The van der Waals surface area contributed by atoms with Crippen LogP contribution < -0.4 is 5.69 Å². The molecule has 2 aromatic heterocycles. The van der Waals surface area contributed by atoms with E-state index in [0.717, 1.165) is 6.42 Å². The highest BCUT2D eigenvalue weighted by Gasteiger charge is 2.13. The Morgan fingerprint density at radius 3 is 2.78 bits per heavy atom. The van der Waals surface area contributed by atoms with Gasteiger partial charge in [0.05, 0.1) is 6.54 Å². The average molecular weight is 266 g/mol. The van der Waals surface area contributed by atoms with E-state index in [-0.39, 0.29) is 5.69 Å². The van der Waals surface area contributed by atoms with Crippen LogP contribution in [0.2, 0.25) is 0 Å². The number of hydrogen-bond acceptors (Lipinski definition) is 3. The van der Waals surface area contributed by atoms with Crippen LogP contribution in [0.25, 0.3) is 0 Å². The highest BCUT2D eigenvalue weighted by molar-refractivity contribution is 7.12. The summed E-state index contributed by atoms with van der Waals surface area (Å²) in [6, 6.07) is 1.75. The quantitative estimate of drug-likeness (QED) is 0.898. The molecule has 0 radical (unpaired) electrons. The number of imidazole rings is 1. The lowest BCUT2D eigenvalue weighted by Crippen LogP contribution is -2.24. The first-order valence-electron chi connectivity index (χ1n) is 5.68. The van der Waals surface area contributed by atoms with Crippen LogP contribution in [0.3, 0.4) is 0 Å². The summed E-state index contributed by atoms with van der Waals surface area (Å²) in [7, 11) is 0. The summed E-state index contributed by atoms with van der Waals surface area (Å²) in [5.74, 6) is -0.943. The lowest BCUT2D eigenvalue weighted by atomic mass is 10.2. The van der Waals surface area contributed by atoms with E-state index in [2.05, 4.69) is 0 Å². The molecule has 0 fully saturated rings. The van der Waals surface area contributed by atoms with Gasteiger partial charge in [-0.15, -0.1) is 11.3 Å². The van der Waals surface area contributed by atoms with Gasteiger partial charge in [-0.25, -0.2) is 9.59 Å². The molecule has 0 bridgehead atoms. The number of nitrogens with zero attached hydrogens (tertiary/aromatic N) is 2. The molecule has 5 nitrogen and oxygen atoms in total. The van der Waals surface area contributed by atoms with E-state index in [0.29, 0.717) is 23.5 Å². The number of aryl methyl sites for hydroxylation is 1. The Labute approximate surface area is 108 Å².